The van der Waals surface area contributed by atoms with Gasteiger partial charge < -0.3 is 15.5 Å². The standard InChI is InChI=1S/C21H21ClF4N4O/c1-30(20(31)12-8-27-9-12)19(21(24,25)26)17-5-3-13(10-28-17)29-14-6-11-2-4-16(22)18(23)15(11)7-14/h2-5,10,12,14,19,27,29H,6-9H2,1H3. The first-order valence-electron chi connectivity index (χ1n) is 9.87. The zero-order valence-electron chi connectivity index (χ0n) is 16.6. The van der Waals surface area contributed by atoms with Gasteiger partial charge >= 0.3 is 6.18 Å². The fourth-order valence-electron chi connectivity index (χ4n) is 4.08. The summed E-state index contributed by atoms with van der Waals surface area (Å²) >= 11 is 5.84. The maximum absolute atomic E-state index is 14.2. The number of benzene rings is 1. The van der Waals surface area contributed by atoms with Gasteiger partial charge in [-0.25, -0.2) is 4.39 Å². The lowest BCUT2D eigenvalue weighted by Gasteiger charge is -2.35. The van der Waals surface area contributed by atoms with E-state index >= 15 is 0 Å². The summed E-state index contributed by atoms with van der Waals surface area (Å²) < 4.78 is 55.4. The van der Waals surface area contributed by atoms with E-state index in [4.69, 9.17) is 11.6 Å². The van der Waals surface area contributed by atoms with Crippen LogP contribution in [0, 0.1) is 11.7 Å². The van der Waals surface area contributed by atoms with Gasteiger partial charge in [0.15, 0.2) is 6.04 Å². The van der Waals surface area contributed by atoms with Crippen LogP contribution in [0.4, 0.5) is 23.2 Å². The van der Waals surface area contributed by atoms with Crippen LogP contribution in [0.3, 0.4) is 0 Å². The van der Waals surface area contributed by atoms with E-state index in [0.29, 0.717) is 37.2 Å². The highest BCUT2D eigenvalue weighted by Gasteiger charge is 2.47. The Kier molecular flexibility index (Phi) is 5.83. The molecule has 1 aromatic carbocycles. The second kappa shape index (κ2) is 8.27. The monoisotopic (exact) mass is 456 g/mol. The van der Waals surface area contributed by atoms with Gasteiger partial charge in [0, 0.05) is 26.2 Å². The van der Waals surface area contributed by atoms with Crippen molar-refractivity contribution >= 4 is 23.2 Å². The van der Waals surface area contributed by atoms with Gasteiger partial charge in [0.25, 0.3) is 0 Å². The van der Waals surface area contributed by atoms with Gasteiger partial charge in [-0.15, -0.1) is 0 Å². The molecule has 0 bridgehead atoms. The fraction of sp³-hybridized carbons (Fsp3) is 0.429. The van der Waals surface area contributed by atoms with Crippen LogP contribution >= 0.6 is 11.6 Å². The number of hydrogen-bond donors (Lipinski definition) is 2. The maximum atomic E-state index is 14.2. The minimum Gasteiger partial charge on any atom is -0.380 e. The number of alkyl halides is 3. The summed E-state index contributed by atoms with van der Waals surface area (Å²) in [6.45, 7) is 0.749. The Bertz CT molecular complexity index is 979. The van der Waals surface area contributed by atoms with Gasteiger partial charge in [0.1, 0.15) is 5.82 Å². The van der Waals surface area contributed by atoms with Crippen LogP contribution in [0.2, 0.25) is 5.02 Å². The highest BCUT2D eigenvalue weighted by atomic mass is 35.5. The number of amides is 1. The molecule has 0 radical (unpaired) electrons. The van der Waals surface area contributed by atoms with E-state index in [2.05, 4.69) is 15.6 Å². The number of hydrogen-bond acceptors (Lipinski definition) is 4. The van der Waals surface area contributed by atoms with Gasteiger partial charge in [-0.2, -0.15) is 13.2 Å². The van der Waals surface area contributed by atoms with Crippen molar-refractivity contribution in [1.82, 2.24) is 15.2 Å². The van der Waals surface area contributed by atoms with Crippen molar-refractivity contribution in [3.8, 4) is 0 Å². The lowest BCUT2D eigenvalue weighted by molar-refractivity contribution is -0.191. The highest BCUT2D eigenvalue weighted by Crippen LogP contribution is 2.37. The summed E-state index contributed by atoms with van der Waals surface area (Å²) in [5, 5.41) is 6.14. The molecule has 1 amide bonds. The molecule has 2 unspecified atom stereocenters. The van der Waals surface area contributed by atoms with E-state index in [1.165, 1.54) is 24.4 Å². The number of rotatable bonds is 5. The zero-order chi connectivity index (χ0) is 22.3. The third-order valence-electron chi connectivity index (χ3n) is 5.82. The Morgan fingerprint density at radius 2 is 2.00 bits per heavy atom. The SMILES string of the molecule is CN(C(=O)C1CNC1)C(c1ccc(NC2Cc3ccc(Cl)c(F)c3C2)cn1)C(F)(F)F. The number of halogens is 5. The molecule has 0 saturated carbocycles. The number of aromatic nitrogens is 1. The molecule has 1 fully saturated rings. The van der Waals surface area contributed by atoms with E-state index in [0.717, 1.165) is 17.5 Å². The summed E-state index contributed by atoms with van der Waals surface area (Å²) in [6.07, 6.45) is -2.36. The third kappa shape index (κ3) is 4.34. The molecule has 2 N–H and O–H groups in total. The summed E-state index contributed by atoms with van der Waals surface area (Å²) in [7, 11) is 1.15. The second-order valence-electron chi connectivity index (χ2n) is 7.97. The predicted octanol–water partition coefficient (Wildman–Crippen LogP) is 3.73. The summed E-state index contributed by atoms with van der Waals surface area (Å²) in [5.74, 6) is -1.44. The van der Waals surface area contributed by atoms with Gasteiger partial charge in [0.05, 0.1) is 28.5 Å². The Morgan fingerprint density at radius 1 is 1.26 bits per heavy atom. The Hall–Kier alpha value is -2.39. The molecule has 1 aliphatic carbocycles. The van der Waals surface area contributed by atoms with Gasteiger partial charge in [-0.1, -0.05) is 17.7 Å². The average molecular weight is 457 g/mol. The largest absolute Gasteiger partial charge is 0.414 e. The van der Waals surface area contributed by atoms with Crippen molar-refractivity contribution in [3.05, 3.63) is 58.1 Å². The molecule has 5 nitrogen and oxygen atoms in total. The van der Waals surface area contributed by atoms with E-state index in [9.17, 15) is 22.4 Å². The van der Waals surface area contributed by atoms with E-state index in [1.807, 2.05) is 0 Å². The Balaban J connectivity index is 1.47. The van der Waals surface area contributed by atoms with Gasteiger partial charge in [0.2, 0.25) is 5.91 Å². The molecule has 1 saturated heterocycles. The van der Waals surface area contributed by atoms with Crippen molar-refractivity contribution in [2.45, 2.75) is 31.1 Å². The van der Waals surface area contributed by atoms with Crippen LogP contribution in [-0.2, 0) is 17.6 Å². The van der Waals surface area contributed by atoms with Gasteiger partial charge in [-0.05, 0) is 42.2 Å². The molecule has 10 heteroatoms. The minimum absolute atomic E-state index is 0.0694. The Morgan fingerprint density at radius 3 is 2.58 bits per heavy atom. The number of carbonyl (C=O) groups excluding carboxylic acids is 1. The van der Waals surface area contributed by atoms with Crippen molar-refractivity contribution in [3.63, 3.8) is 0 Å². The Labute approximate surface area is 181 Å². The molecular weight excluding hydrogens is 436 g/mol. The quantitative estimate of drug-likeness (QED) is 0.673. The first-order valence-corrected chi connectivity index (χ1v) is 10.2. The second-order valence-corrected chi connectivity index (χ2v) is 8.38. The van der Waals surface area contributed by atoms with Crippen LogP contribution in [0.15, 0.2) is 30.5 Å². The summed E-state index contributed by atoms with van der Waals surface area (Å²) in [4.78, 5) is 17.1. The smallest absolute Gasteiger partial charge is 0.380 e. The van der Waals surface area contributed by atoms with Crippen LogP contribution in [-0.4, -0.2) is 48.1 Å². The number of fused-ring (bicyclic) bond motifs is 1. The summed E-state index contributed by atoms with van der Waals surface area (Å²) in [6, 6.07) is 3.82. The lowest BCUT2D eigenvalue weighted by atomic mass is 10.00. The van der Waals surface area contributed by atoms with Crippen LogP contribution < -0.4 is 10.6 Å². The zero-order valence-corrected chi connectivity index (χ0v) is 17.4. The molecule has 4 rings (SSSR count). The van der Waals surface area contributed by atoms with Crippen LogP contribution in [0.25, 0.3) is 0 Å². The molecule has 2 atom stereocenters. The fourth-order valence-corrected chi connectivity index (χ4v) is 4.26. The maximum Gasteiger partial charge on any atom is 0.414 e. The third-order valence-corrected chi connectivity index (χ3v) is 6.11. The average Bonchev–Trinajstić information content (AvgIpc) is 3.07. The van der Waals surface area contributed by atoms with E-state index in [1.54, 1.807) is 6.07 Å². The number of nitrogens with one attached hydrogen (secondary N) is 2. The van der Waals surface area contributed by atoms with E-state index < -0.39 is 29.9 Å². The molecule has 1 aliphatic heterocycles. The minimum atomic E-state index is -4.66. The molecule has 1 aromatic heterocycles. The normalized spacial score (nSPS) is 19.5. The van der Waals surface area contributed by atoms with Crippen molar-refractivity contribution in [2.75, 3.05) is 25.5 Å². The number of carbonyl (C=O) groups is 1. The highest BCUT2D eigenvalue weighted by molar-refractivity contribution is 6.30. The van der Waals surface area contributed by atoms with E-state index in [-0.39, 0.29) is 16.8 Å². The van der Waals surface area contributed by atoms with Crippen molar-refractivity contribution in [2.24, 2.45) is 5.92 Å². The molecular formula is C21H21ClF4N4O. The van der Waals surface area contributed by atoms with Crippen molar-refractivity contribution in [1.29, 1.82) is 0 Å². The molecule has 31 heavy (non-hydrogen) atoms. The summed E-state index contributed by atoms with van der Waals surface area (Å²) in [5.41, 5.74) is 1.67. The number of anilines is 1. The topological polar surface area (TPSA) is 57.3 Å². The first-order chi connectivity index (χ1) is 14.6. The molecule has 2 aromatic rings. The molecule has 166 valence electrons. The van der Waals surface area contributed by atoms with Gasteiger partial charge in [-0.3, -0.25) is 9.78 Å². The molecule has 0 spiro atoms. The van der Waals surface area contributed by atoms with Crippen LogP contribution in [0.5, 0.6) is 0 Å². The molecule has 2 aliphatic rings. The predicted molar refractivity (Wildman–Crippen MR) is 108 cm³/mol. The molecule has 2 heterocycles. The van der Waals surface area contributed by atoms with Crippen molar-refractivity contribution < 1.29 is 22.4 Å². The lowest BCUT2D eigenvalue weighted by Crippen LogP contribution is -2.53. The number of nitrogens with zero attached hydrogens (tertiary/aromatic N) is 2. The van der Waals surface area contributed by atoms with Crippen LogP contribution in [0.1, 0.15) is 22.9 Å². The first kappa shape index (κ1) is 21.8. The number of pyridine rings is 1.